The maximum absolute atomic E-state index is 10.2. The third-order valence-corrected chi connectivity index (χ3v) is 6.87. The molecule has 0 spiro atoms. The van der Waals surface area contributed by atoms with Crippen LogP contribution in [-0.2, 0) is 9.47 Å². The molecule has 12 nitrogen and oxygen atoms in total. The normalized spacial score (nSPS) is 35.6. The average Bonchev–Trinajstić information content (AvgIpc) is 2.91. The van der Waals surface area contributed by atoms with E-state index in [0.29, 0.717) is 22.6 Å². The molecule has 0 radical (unpaired) electrons. The van der Waals surface area contributed by atoms with E-state index < -0.39 is 74.6 Å². The Balaban J connectivity index is 1.47. The zero-order valence-electron chi connectivity index (χ0n) is 20.9. The van der Waals surface area contributed by atoms with Gasteiger partial charge in [0, 0.05) is 0 Å². The zero-order chi connectivity index (χ0) is 27.7. The van der Waals surface area contributed by atoms with Gasteiger partial charge < -0.3 is 59.8 Å². The highest BCUT2D eigenvalue weighted by Crippen LogP contribution is 2.33. The van der Waals surface area contributed by atoms with Crippen LogP contribution in [-0.4, -0.2) is 115 Å². The minimum atomic E-state index is -1.54. The minimum absolute atomic E-state index is 0.373. The van der Waals surface area contributed by atoms with Crippen molar-refractivity contribution in [3.8, 4) is 22.6 Å². The smallest absolute Gasteiger partial charge is 0.229 e. The van der Waals surface area contributed by atoms with Crippen molar-refractivity contribution in [3.05, 3.63) is 47.5 Å². The van der Waals surface area contributed by atoms with Gasteiger partial charge in [-0.25, -0.2) is 0 Å². The Bertz CT molecular complexity index is 1010. The lowest BCUT2D eigenvalue weighted by atomic mass is 9.98. The molecule has 2 heterocycles. The van der Waals surface area contributed by atoms with Gasteiger partial charge in [0.25, 0.3) is 0 Å². The summed E-state index contributed by atoms with van der Waals surface area (Å²) in [5, 5.41) is 79.1. The predicted octanol–water partition coefficient (Wildman–Crippen LogP) is -1.67. The summed E-state index contributed by atoms with van der Waals surface area (Å²) < 4.78 is 22.3. The fraction of sp³-hybridized carbons (Fsp3) is 0.538. The summed E-state index contributed by atoms with van der Waals surface area (Å²) in [5.74, 6) is 0.745. The van der Waals surface area contributed by atoms with Crippen molar-refractivity contribution in [2.45, 2.75) is 75.3 Å². The summed E-state index contributed by atoms with van der Waals surface area (Å²) in [4.78, 5) is 0. The van der Waals surface area contributed by atoms with Crippen LogP contribution in [0.2, 0.25) is 0 Å². The van der Waals surface area contributed by atoms with Gasteiger partial charge in [-0.2, -0.15) is 0 Å². The summed E-state index contributed by atoms with van der Waals surface area (Å²) in [6, 6.07) is 10.6. The van der Waals surface area contributed by atoms with Crippen LogP contribution < -0.4 is 9.47 Å². The standard InChI is InChI=1S/C26H34O12/c1-11-7-13(3-5-15(11)35-25-23(33)21(31)19(29)17(9-27)37-25)14-4-6-16(12(2)8-14)36-26-24(34)22(32)20(30)18(10-28)38-26/h3-8,17-34H,9-10H2,1-2H3/t17-,18-,19-,20-,21+,22+,23+,24+,25+,26+/m1/s1. The highest BCUT2D eigenvalue weighted by Gasteiger charge is 2.46. The van der Waals surface area contributed by atoms with Gasteiger partial charge in [0.05, 0.1) is 13.2 Å². The van der Waals surface area contributed by atoms with Crippen molar-refractivity contribution in [3.63, 3.8) is 0 Å². The molecule has 12 heteroatoms. The first kappa shape index (κ1) is 28.6. The second-order valence-electron chi connectivity index (χ2n) is 9.59. The molecule has 0 aromatic heterocycles. The number of hydrogen-bond acceptors (Lipinski definition) is 12. The van der Waals surface area contributed by atoms with Gasteiger partial charge >= 0.3 is 0 Å². The van der Waals surface area contributed by atoms with Crippen molar-refractivity contribution < 1.29 is 59.8 Å². The van der Waals surface area contributed by atoms with Crippen LogP contribution in [0.5, 0.6) is 11.5 Å². The Kier molecular flexibility index (Phi) is 8.89. The molecule has 2 aliphatic heterocycles. The lowest BCUT2D eigenvalue weighted by molar-refractivity contribution is -0.277. The first-order valence-electron chi connectivity index (χ1n) is 12.2. The predicted molar refractivity (Wildman–Crippen MR) is 130 cm³/mol. The summed E-state index contributed by atoms with van der Waals surface area (Å²) in [6.07, 6.45) is -13.8. The van der Waals surface area contributed by atoms with Gasteiger partial charge in [0.2, 0.25) is 12.6 Å². The van der Waals surface area contributed by atoms with Crippen LogP contribution >= 0.6 is 0 Å². The molecule has 0 unspecified atom stereocenters. The molecule has 2 aromatic carbocycles. The van der Waals surface area contributed by atoms with Gasteiger partial charge in [-0.05, 0) is 60.4 Å². The number of ether oxygens (including phenoxy) is 4. The lowest BCUT2D eigenvalue weighted by Crippen LogP contribution is -2.60. The summed E-state index contributed by atoms with van der Waals surface area (Å²) >= 11 is 0. The molecule has 38 heavy (non-hydrogen) atoms. The summed E-state index contributed by atoms with van der Waals surface area (Å²) in [6.45, 7) is 2.45. The van der Waals surface area contributed by atoms with Crippen molar-refractivity contribution >= 4 is 0 Å². The molecule has 0 aliphatic carbocycles. The van der Waals surface area contributed by atoms with E-state index in [1.807, 2.05) is 12.1 Å². The van der Waals surface area contributed by atoms with E-state index in [9.17, 15) is 40.9 Å². The SMILES string of the molecule is Cc1cc(-c2ccc(O[C@H]3O[C@H](CO)[C@@H](O)[C@H](O)[C@@H]3O)c(C)c2)ccc1O[C@H]1O[C@H](CO)[C@@H](O)[C@H](O)[C@@H]1O. The Morgan fingerprint density at radius 3 is 1.26 bits per heavy atom. The Labute approximate surface area is 218 Å². The van der Waals surface area contributed by atoms with Gasteiger partial charge in [-0.1, -0.05) is 12.1 Å². The molecule has 2 saturated heterocycles. The van der Waals surface area contributed by atoms with Crippen LogP contribution in [0.3, 0.4) is 0 Å². The summed E-state index contributed by atoms with van der Waals surface area (Å²) in [7, 11) is 0. The quantitative estimate of drug-likeness (QED) is 0.200. The average molecular weight is 539 g/mol. The summed E-state index contributed by atoms with van der Waals surface area (Å²) in [5.41, 5.74) is 3.04. The van der Waals surface area contributed by atoms with Gasteiger partial charge in [-0.3, -0.25) is 0 Å². The van der Waals surface area contributed by atoms with E-state index in [0.717, 1.165) is 11.1 Å². The Morgan fingerprint density at radius 1 is 0.579 bits per heavy atom. The lowest BCUT2D eigenvalue weighted by Gasteiger charge is -2.39. The maximum atomic E-state index is 10.2. The molecule has 0 amide bonds. The molecule has 8 N–H and O–H groups in total. The first-order valence-corrected chi connectivity index (χ1v) is 12.2. The molecule has 10 atom stereocenters. The minimum Gasteiger partial charge on any atom is -0.462 e. The van der Waals surface area contributed by atoms with E-state index in [1.165, 1.54) is 0 Å². The van der Waals surface area contributed by atoms with E-state index in [4.69, 9.17) is 18.9 Å². The van der Waals surface area contributed by atoms with Crippen molar-refractivity contribution in [2.75, 3.05) is 13.2 Å². The van der Waals surface area contributed by atoms with Gasteiger partial charge in [-0.15, -0.1) is 0 Å². The monoisotopic (exact) mass is 538 g/mol. The Morgan fingerprint density at radius 2 is 0.947 bits per heavy atom. The first-order chi connectivity index (χ1) is 18.0. The second-order valence-corrected chi connectivity index (χ2v) is 9.59. The van der Waals surface area contributed by atoms with E-state index in [-0.39, 0.29) is 0 Å². The number of hydrogen-bond donors (Lipinski definition) is 8. The van der Waals surface area contributed by atoms with Crippen LogP contribution in [0.4, 0.5) is 0 Å². The van der Waals surface area contributed by atoms with E-state index >= 15 is 0 Å². The van der Waals surface area contributed by atoms with Crippen molar-refractivity contribution in [1.29, 1.82) is 0 Å². The topological polar surface area (TPSA) is 199 Å². The highest BCUT2D eigenvalue weighted by molar-refractivity contribution is 5.67. The fourth-order valence-corrected chi connectivity index (χ4v) is 4.50. The highest BCUT2D eigenvalue weighted by atomic mass is 16.7. The van der Waals surface area contributed by atoms with Gasteiger partial charge in [0.15, 0.2) is 0 Å². The number of benzene rings is 2. The van der Waals surface area contributed by atoms with Crippen LogP contribution in [0.15, 0.2) is 36.4 Å². The largest absolute Gasteiger partial charge is 0.462 e. The Hall–Kier alpha value is -2.36. The molecular formula is C26H34O12. The third-order valence-electron chi connectivity index (χ3n) is 6.87. The molecule has 2 aliphatic rings. The number of aryl methyl sites for hydroxylation is 2. The maximum Gasteiger partial charge on any atom is 0.229 e. The molecule has 0 bridgehead atoms. The van der Waals surface area contributed by atoms with E-state index in [1.54, 1.807) is 38.1 Å². The number of aliphatic hydroxyl groups is 8. The number of aliphatic hydroxyl groups excluding tert-OH is 8. The van der Waals surface area contributed by atoms with Gasteiger partial charge in [0.1, 0.15) is 60.3 Å². The molecule has 2 fully saturated rings. The molecule has 4 rings (SSSR count). The van der Waals surface area contributed by atoms with Crippen molar-refractivity contribution in [1.82, 2.24) is 0 Å². The fourth-order valence-electron chi connectivity index (χ4n) is 4.50. The molecule has 210 valence electrons. The van der Waals surface area contributed by atoms with Crippen LogP contribution in [0, 0.1) is 13.8 Å². The third kappa shape index (κ3) is 5.65. The number of rotatable bonds is 7. The van der Waals surface area contributed by atoms with Crippen molar-refractivity contribution in [2.24, 2.45) is 0 Å². The molecular weight excluding hydrogens is 504 g/mol. The molecule has 0 saturated carbocycles. The van der Waals surface area contributed by atoms with Crippen LogP contribution in [0.1, 0.15) is 11.1 Å². The van der Waals surface area contributed by atoms with Crippen LogP contribution in [0.25, 0.3) is 11.1 Å². The zero-order valence-corrected chi connectivity index (χ0v) is 20.9. The molecule has 2 aromatic rings. The van der Waals surface area contributed by atoms with E-state index in [2.05, 4.69) is 0 Å². The second kappa shape index (κ2) is 11.8.